The molecule has 2 unspecified atom stereocenters. The molecule has 0 saturated heterocycles. The maximum atomic E-state index is 13.7. The van der Waals surface area contributed by atoms with Crippen molar-refractivity contribution in [3.63, 3.8) is 0 Å². The molecule has 1 aromatic rings. The van der Waals surface area contributed by atoms with E-state index in [1.54, 1.807) is 0 Å². The topological polar surface area (TPSA) is 55.4 Å². The highest BCUT2D eigenvalue weighted by Gasteiger charge is 2.57. The average molecular weight is 459 g/mol. The third-order valence-corrected chi connectivity index (χ3v) is 7.36. The summed E-state index contributed by atoms with van der Waals surface area (Å²) in [6, 6.07) is 3.98. The monoisotopic (exact) mass is 457 g/mol. The number of esters is 1. The van der Waals surface area contributed by atoms with Crippen molar-refractivity contribution in [1.29, 1.82) is 0 Å². The molecule has 5 rings (SSSR count). The molecular weight excluding hydrogens is 437 g/mol. The van der Waals surface area contributed by atoms with E-state index in [4.69, 9.17) is 16.3 Å². The lowest BCUT2D eigenvalue weighted by atomic mass is 9.49. The van der Waals surface area contributed by atoms with Gasteiger partial charge in [0.2, 0.25) is 0 Å². The van der Waals surface area contributed by atoms with E-state index in [9.17, 15) is 14.0 Å². The Morgan fingerprint density at radius 3 is 2.59 bits per heavy atom. The number of carbonyl (C=O) groups is 2. The van der Waals surface area contributed by atoms with E-state index in [2.05, 4.69) is 21.2 Å². The molecule has 27 heavy (non-hydrogen) atoms. The number of carbonyl (C=O) groups excluding carboxylic acids is 2. The Kier molecular flexibility index (Phi) is 5.00. The van der Waals surface area contributed by atoms with E-state index in [1.165, 1.54) is 31.4 Å². The van der Waals surface area contributed by atoms with Crippen molar-refractivity contribution in [1.82, 2.24) is 0 Å². The summed E-state index contributed by atoms with van der Waals surface area (Å²) in [5.74, 6) is -0.158. The molecule has 0 heterocycles. The second-order valence-corrected chi connectivity index (χ2v) is 10.7. The van der Waals surface area contributed by atoms with E-state index in [0.717, 1.165) is 25.3 Å². The molecule has 4 saturated carbocycles. The minimum absolute atomic E-state index is 0.00340. The van der Waals surface area contributed by atoms with Crippen LogP contribution in [-0.2, 0) is 14.3 Å². The summed E-state index contributed by atoms with van der Waals surface area (Å²) in [5, 5.41) is 2.65. The predicted molar refractivity (Wildman–Crippen MR) is 104 cm³/mol. The number of ether oxygens (including phenoxy) is 1. The van der Waals surface area contributed by atoms with Crippen molar-refractivity contribution in [2.75, 3.05) is 11.9 Å². The van der Waals surface area contributed by atoms with Gasteiger partial charge in [-0.1, -0.05) is 27.5 Å². The van der Waals surface area contributed by atoms with Gasteiger partial charge in [0.15, 0.2) is 6.61 Å². The minimum Gasteiger partial charge on any atom is -0.456 e. The normalized spacial score (nSPS) is 33.7. The van der Waals surface area contributed by atoms with Crippen LogP contribution in [0.15, 0.2) is 18.2 Å². The third kappa shape index (κ3) is 4.16. The van der Waals surface area contributed by atoms with Gasteiger partial charge in [-0.05, 0) is 74.0 Å². The number of halogens is 3. The van der Waals surface area contributed by atoms with E-state index < -0.39 is 18.3 Å². The first-order valence-corrected chi connectivity index (χ1v) is 10.5. The summed E-state index contributed by atoms with van der Waals surface area (Å²) >= 11 is 9.62. The fraction of sp³-hybridized carbons (Fsp3) is 0.600. The summed E-state index contributed by atoms with van der Waals surface area (Å²) in [4.78, 5) is 24.4. The van der Waals surface area contributed by atoms with Crippen molar-refractivity contribution in [2.45, 2.75) is 49.3 Å². The van der Waals surface area contributed by atoms with Gasteiger partial charge in [0.25, 0.3) is 5.91 Å². The number of amides is 1. The van der Waals surface area contributed by atoms with Gasteiger partial charge < -0.3 is 10.1 Å². The van der Waals surface area contributed by atoms with Gasteiger partial charge in [-0.3, -0.25) is 9.59 Å². The molecule has 2 atom stereocenters. The zero-order valence-electron chi connectivity index (χ0n) is 14.9. The first-order chi connectivity index (χ1) is 12.7. The molecule has 0 aliphatic heterocycles. The molecule has 1 N–H and O–H groups in total. The van der Waals surface area contributed by atoms with Crippen molar-refractivity contribution < 1.29 is 18.7 Å². The zero-order chi connectivity index (χ0) is 19.2. The maximum Gasteiger partial charge on any atom is 0.306 e. The third-order valence-electron chi connectivity index (χ3n) is 6.20. The van der Waals surface area contributed by atoms with Crippen LogP contribution in [0.25, 0.3) is 0 Å². The number of nitrogens with one attached hydrogen (secondary N) is 1. The van der Waals surface area contributed by atoms with E-state index in [1.807, 2.05) is 0 Å². The molecular formula is C20H22BrClFNO3. The average Bonchev–Trinajstić information content (AvgIpc) is 2.53. The van der Waals surface area contributed by atoms with Crippen molar-refractivity contribution in [3.05, 3.63) is 29.0 Å². The summed E-state index contributed by atoms with van der Waals surface area (Å²) in [6.07, 6.45) is 7.20. The maximum absolute atomic E-state index is 13.7. The van der Waals surface area contributed by atoms with E-state index in [-0.39, 0.29) is 26.4 Å². The van der Waals surface area contributed by atoms with Gasteiger partial charge in [0, 0.05) is 9.35 Å². The molecule has 146 valence electrons. The van der Waals surface area contributed by atoms with Crippen LogP contribution in [0.2, 0.25) is 5.02 Å². The summed E-state index contributed by atoms with van der Waals surface area (Å²) < 4.78 is 19.1. The molecule has 4 fully saturated rings. The molecule has 0 spiro atoms. The lowest BCUT2D eigenvalue weighted by Crippen LogP contribution is -2.53. The summed E-state index contributed by atoms with van der Waals surface area (Å²) in [7, 11) is 0. The Labute approximate surface area is 171 Å². The fourth-order valence-electron chi connectivity index (χ4n) is 5.82. The second kappa shape index (κ2) is 7.03. The smallest absolute Gasteiger partial charge is 0.306 e. The molecule has 4 aliphatic carbocycles. The highest BCUT2D eigenvalue weighted by atomic mass is 79.9. The summed E-state index contributed by atoms with van der Waals surface area (Å²) in [6.45, 7) is -0.413. The van der Waals surface area contributed by atoms with Crippen LogP contribution in [0.5, 0.6) is 0 Å². The van der Waals surface area contributed by atoms with Crippen LogP contribution in [-0.4, -0.2) is 22.8 Å². The number of alkyl halides is 1. The van der Waals surface area contributed by atoms with Gasteiger partial charge in [0.1, 0.15) is 5.82 Å². The standard InChI is InChI=1S/C20H22BrClFNO3/c21-20-7-12-3-13(8-20)6-19(5-12,11-20)9-18(26)27-10-17(25)24-16-2-1-14(22)4-15(16)23/h1-2,4,12-13H,3,5-11H2,(H,24,25). The lowest BCUT2D eigenvalue weighted by molar-refractivity contribution is -0.153. The number of hydrogen-bond donors (Lipinski definition) is 1. The van der Waals surface area contributed by atoms with Gasteiger partial charge >= 0.3 is 5.97 Å². The fourth-order valence-corrected chi connectivity index (χ4v) is 7.49. The Bertz CT molecular complexity index is 772. The largest absolute Gasteiger partial charge is 0.456 e. The SMILES string of the molecule is O=C(COC(=O)CC12CC3CC(CC(Br)(C3)C1)C2)Nc1ccc(Cl)cc1F. The Morgan fingerprint density at radius 1 is 1.26 bits per heavy atom. The predicted octanol–water partition coefficient (Wildman–Crippen LogP) is 5.08. The Hall–Kier alpha value is -1.14. The zero-order valence-corrected chi connectivity index (χ0v) is 17.2. The van der Waals surface area contributed by atoms with Gasteiger partial charge in [0.05, 0.1) is 12.1 Å². The van der Waals surface area contributed by atoms with Crippen LogP contribution in [0.1, 0.15) is 44.9 Å². The van der Waals surface area contributed by atoms with Crippen LogP contribution >= 0.6 is 27.5 Å². The number of benzene rings is 1. The van der Waals surface area contributed by atoms with Crippen LogP contribution in [0, 0.1) is 23.1 Å². The van der Waals surface area contributed by atoms with Crippen molar-refractivity contribution >= 4 is 45.1 Å². The van der Waals surface area contributed by atoms with Crippen molar-refractivity contribution in [2.24, 2.45) is 17.3 Å². The molecule has 4 aliphatic rings. The first kappa shape index (κ1) is 19.2. The van der Waals surface area contributed by atoms with Crippen LogP contribution in [0.3, 0.4) is 0 Å². The molecule has 0 aromatic heterocycles. The minimum atomic E-state index is -0.627. The number of rotatable bonds is 5. The van der Waals surface area contributed by atoms with Crippen LogP contribution in [0.4, 0.5) is 10.1 Å². The Morgan fingerprint density at radius 2 is 1.96 bits per heavy atom. The van der Waals surface area contributed by atoms with Gasteiger partial charge in [-0.25, -0.2) is 4.39 Å². The van der Waals surface area contributed by atoms with Gasteiger partial charge in [-0.15, -0.1) is 0 Å². The highest BCUT2D eigenvalue weighted by molar-refractivity contribution is 9.10. The quantitative estimate of drug-likeness (QED) is 0.494. The Balaban J connectivity index is 1.30. The molecule has 4 bridgehead atoms. The molecule has 7 heteroatoms. The van der Waals surface area contributed by atoms with Crippen LogP contribution < -0.4 is 5.32 Å². The summed E-state index contributed by atoms with van der Waals surface area (Å²) in [5.41, 5.74) is 0.0199. The first-order valence-electron chi connectivity index (χ1n) is 9.34. The van der Waals surface area contributed by atoms with E-state index in [0.29, 0.717) is 18.3 Å². The molecule has 0 radical (unpaired) electrons. The second-order valence-electron chi connectivity index (χ2n) is 8.62. The number of hydrogen-bond acceptors (Lipinski definition) is 3. The lowest BCUT2D eigenvalue weighted by Gasteiger charge is -2.60. The number of anilines is 1. The molecule has 1 aromatic carbocycles. The highest BCUT2D eigenvalue weighted by Crippen LogP contribution is 2.65. The molecule has 1 amide bonds. The van der Waals surface area contributed by atoms with E-state index >= 15 is 0 Å². The van der Waals surface area contributed by atoms with Crippen molar-refractivity contribution in [3.8, 4) is 0 Å². The van der Waals surface area contributed by atoms with Gasteiger partial charge in [-0.2, -0.15) is 0 Å². The molecule has 4 nitrogen and oxygen atoms in total.